The van der Waals surface area contributed by atoms with Crippen LogP contribution in [0.4, 0.5) is 0 Å². The van der Waals surface area contributed by atoms with E-state index in [9.17, 15) is 4.79 Å². The second-order valence-corrected chi connectivity index (χ2v) is 7.35. The number of aliphatic imine (C=N–C) groups is 1. The average molecular weight is 510 g/mol. The van der Waals surface area contributed by atoms with Crippen LogP contribution in [-0.4, -0.2) is 100 Å². The van der Waals surface area contributed by atoms with Crippen LogP contribution in [0.3, 0.4) is 0 Å². The number of rotatable bonds is 7. The lowest BCUT2D eigenvalue weighted by atomic mass is 10.2. The number of carbonyl (C=O) groups excluding carboxylic acids is 1. The van der Waals surface area contributed by atoms with Gasteiger partial charge in [-0.2, -0.15) is 0 Å². The molecule has 2 atom stereocenters. The topological polar surface area (TPSA) is 75.6 Å². The normalized spacial score (nSPS) is 25.7. The lowest BCUT2D eigenvalue weighted by molar-refractivity contribution is -0.142. The summed E-state index contributed by atoms with van der Waals surface area (Å²) in [7, 11) is 1.81. The van der Waals surface area contributed by atoms with Crippen molar-refractivity contribution in [2.75, 3.05) is 66.2 Å². The fourth-order valence-electron chi connectivity index (χ4n) is 3.81. The van der Waals surface area contributed by atoms with Gasteiger partial charge in [0.25, 0.3) is 5.91 Å². The molecule has 3 rings (SSSR count). The van der Waals surface area contributed by atoms with Crippen LogP contribution in [-0.2, 0) is 19.0 Å². The quantitative estimate of drug-likeness (QED) is 0.239. The van der Waals surface area contributed by atoms with Crippen molar-refractivity contribution in [3.05, 3.63) is 0 Å². The van der Waals surface area contributed by atoms with Gasteiger partial charge in [0.15, 0.2) is 5.96 Å². The number of guanidine groups is 1. The molecule has 0 saturated carbocycles. The first-order chi connectivity index (χ1) is 13.3. The maximum Gasteiger partial charge on any atom is 0.251 e. The molecular formula is C19H35IN4O4. The van der Waals surface area contributed by atoms with Crippen LogP contribution >= 0.6 is 24.0 Å². The molecular weight excluding hydrogens is 475 g/mol. The van der Waals surface area contributed by atoms with E-state index in [2.05, 4.69) is 15.2 Å². The van der Waals surface area contributed by atoms with E-state index in [0.29, 0.717) is 19.3 Å². The van der Waals surface area contributed by atoms with Crippen molar-refractivity contribution in [3.63, 3.8) is 0 Å². The second kappa shape index (κ2) is 12.8. The molecule has 1 N–H and O–H groups in total. The number of halogens is 1. The Morgan fingerprint density at radius 1 is 1.11 bits per heavy atom. The highest BCUT2D eigenvalue weighted by Gasteiger charge is 2.30. The Labute approximate surface area is 185 Å². The third-order valence-electron chi connectivity index (χ3n) is 5.38. The first-order valence-corrected chi connectivity index (χ1v) is 10.3. The summed E-state index contributed by atoms with van der Waals surface area (Å²) in [5.41, 5.74) is 0. The SMILES string of the molecule is CN=C(NCCCOCC1CCCO1)N1CCN(C(=O)C2CCCO2)CC1.I. The number of ether oxygens (including phenoxy) is 3. The number of piperazine rings is 1. The Hall–Kier alpha value is -0.650. The Balaban J connectivity index is 0.00000280. The fraction of sp³-hybridized carbons (Fsp3) is 0.895. The summed E-state index contributed by atoms with van der Waals surface area (Å²) in [4.78, 5) is 21.0. The van der Waals surface area contributed by atoms with E-state index in [1.165, 1.54) is 0 Å². The van der Waals surface area contributed by atoms with Gasteiger partial charge in [-0.25, -0.2) is 0 Å². The second-order valence-electron chi connectivity index (χ2n) is 7.35. The van der Waals surface area contributed by atoms with Gasteiger partial charge in [0, 0.05) is 59.6 Å². The molecule has 0 aromatic heterocycles. The largest absolute Gasteiger partial charge is 0.379 e. The van der Waals surface area contributed by atoms with Gasteiger partial charge in [-0.1, -0.05) is 0 Å². The lowest BCUT2D eigenvalue weighted by Gasteiger charge is -2.37. The Morgan fingerprint density at radius 2 is 1.82 bits per heavy atom. The van der Waals surface area contributed by atoms with Crippen molar-refractivity contribution >= 4 is 35.8 Å². The van der Waals surface area contributed by atoms with Crippen molar-refractivity contribution < 1.29 is 19.0 Å². The van der Waals surface area contributed by atoms with Crippen LogP contribution in [0.1, 0.15) is 32.1 Å². The van der Waals surface area contributed by atoms with Crippen molar-refractivity contribution in [2.45, 2.75) is 44.3 Å². The molecule has 0 spiro atoms. The van der Waals surface area contributed by atoms with E-state index in [1.807, 2.05) is 4.90 Å². The molecule has 28 heavy (non-hydrogen) atoms. The van der Waals surface area contributed by atoms with Gasteiger partial charge in [-0.3, -0.25) is 9.79 Å². The van der Waals surface area contributed by atoms with Gasteiger partial charge >= 0.3 is 0 Å². The van der Waals surface area contributed by atoms with E-state index in [0.717, 1.165) is 84.0 Å². The summed E-state index contributed by atoms with van der Waals surface area (Å²) in [6, 6.07) is 0. The van der Waals surface area contributed by atoms with Crippen LogP contribution in [0.2, 0.25) is 0 Å². The lowest BCUT2D eigenvalue weighted by Crippen LogP contribution is -2.55. The predicted molar refractivity (Wildman–Crippen MR) is 118 cm³/mol. The molecule has 0 aromatic carbocycles. The minimum absolute atomic E-state index is 0. The Bertz CT molecular complexity index is 488. The molecule has 0 aliphatic carbocycles. The molecule has 0 aromatic rings. The van der Waals surface area contributed by atoms with Gasteiger partial charge in [0.05, 0.1) is 12.7 Å². The van der Waals surface area contributed by atoms with Gasteiger partial charge in [0.2, 0.25) is 0 Å². The standard InChI is InChI=1S/C19H34N4O4.HI/c1-20-19(21-7-4-12-25-15-16-5-2-13-26-16)23-10-8-22(9-11-23)18(24)17-6-3-14-27-17;/h16-17H,2-15H2,1H3,(H,20,21);1H. The molecule has 3 saturated heterocycles. The molecule has 1 amide bonds. The number of hydrogen-bond donors (Lipinski definition) is 1. The van der Waals surface area contributed by atoms with E-state index in [1.54, 1.807) is 7.05 Å². The molecule has 9 heteroatoms. The first kappa shape index (κ1) is 23.6. The van der Waals surface area contributed by atoms with Gasteiger partial charge in [-0.05, 0) is 32.1 Å². The summed E-state index contributed by atoms with van der Waals surface area (Å²) >= 11 is 0. The molecule has 3 heterocycles. The van der Waals surface area contributed by atoms with Crippen LogP contribution < -0.4 is 5.32 Å². The third-order valence-corrected chi connectivity index (χ3v) is 5.38. The Morgan fingerprint density at radius 3 is 2.46 bits per heavy atom. The molecule has 162 valence electrons. The Kier molecular flexibility index (Phi) is 10.8. The number of amides is 1. The van der Waals surface area contributed by atoms with Crippen LogP contribution in [0.25, 0.3) is 0 Å². The van der Waals surface area contributed by atoms with Crippen LogP contribution in [0.5, 0.6) is 0 Å². The average Bonchev–Trinajstić information content (AvgIpc) is 3.41. The monoisotopic (exact) mass is 510 g/mol. The zero-order valence-corrected chi connectivity index (χ0v) is 19.3. The smallest absolute Gasteiger partial charge is 0.251 e. The zero-order valence-electron chi connectivity index (χ0n) is 16.9. The van der Waals surface area contributed by atoms with Gasteiger partial charge < -0.3 is 29.3 Å². The minimum atomic E-state index is -0.219. The summed E-state index contributed by atoms with van der Waals surface area (Å²) in [6.45, 7) is 6.90. The molecule has 3 fully saturated rings. The van der Waals surface area contributed by atoms with E-state index in [-0.39, 0.29) is 36.0 Å². The van der Waals surface area contributed by atoms with Gasteiger partial charge in [-0.15, -0.1) is 24.0 Å². The van der Waals surface area contributed by atoms with Crippen molar-refractivity contribution in [3.8, 4) is 0 Å². The highest BCUT2D eigenvalue weighted by molar-refractivity contribution is 14.0. The molecule has 8 nitrogen and oxygen atoms in total. The maximum absolute atomic E-state index is 12.4. The summed E-state index contributed by atoms with van der Waals surface area (Å²) in [5.74, 6) is 1.05. The number of nitrogens with zero attached hydrogens (tertiary/aromatic N) is 3. The zero-order chi connectivity index (χ0) is 18.9. The minimum Gasteiger partial charge on any atom is -0.379 e. The van der Waals surface area contributed by atoms with Crippen molar-refractivity contribution in [1.82, 2.24) is 15.1 Å². The summed E-state index contributed by atoms with van der Waals surface area (Å²) < 4.78 is 16.8. The summed E-state index contributed by atoms with van der Waals surface area (Å²) in [6.07, 6.45) is 5.12. The molecule has 3 aliphatic heterocycles. The van der Waals surface area contributed by atoms with E-state index in [4.69, 9.17) is 14.2 Å². The van der Waals surface area contributed by atoms with Crippen LogP contribution in [0.15, 0.2) is 4.99 Å². The summed E-state index contributed by atoms with van der Waals surface area (Å²) in [5, 5.41) is 3.40. The third kappa shape index (κ3) is 7.00. The molecule has 0 radical (unpaired) electrons. The molecule has 3 aliphatic rings. The van der Waals surface area contributed by atoms with E-state index < -0.39 is 0 Å². The van der Waals surface area contributed by atoms with Gasteiger partial charge in [0.1, 0.15) is 6.10 Å². The first-order valence-electron chi connectivity index (χ1n) is 10.3. The van der Waals surface area contributed by atoms with E-state index >= 15 is 0 Å². The molecule has 0 bridgehead atoms. The van der Waals surface area contributed by atoms with Crippen LogP contribution in [0, 0.1) is 0 Å². The predicted octanol–water partition coefficient (Wildman–Crippen LogP) is 1.09. The maximum atomic E-state index is 12.4. The highest BCUT2D eigenvalue weighted by Crippen LogP contribution is 2.16. The number of hydrogen-bond acceptors (Lipinski definition) is 5. The van der Waals surface area contributed by atoms with Crippen molar-refractivity contribution in [1.29, 1.82) is 0 Å². The fourth-order valence-corrected chi connectivity index (χ4v) is 3.81. The number of carbonyl (C=O) groups is 1. The van der Waals surface area contributed by atoms with Crippen molar-refractivity contribution in [2.24, 2.45) is 4.99 Å². The molecule has 2 unspecified atom stereocenters. The highest BCUT2D eigenvalue weighted by atomic mass is 127. The number of nitrogens with one attached hydrogen (secondary N) is 1.